The number of hydrazone groups is 1. The van der Waals surface area contributed by atoms with Gasteiger partial charge in [-0.1, -0.05) is 12.1 Å². The van der Waals surface area contributed by atoms with Crippen molar-refractivity contribution in [2.45, 2.75) is 13.3 Å². The molecule has 2 N–H and O–H groups in total. The lowest BCUT2D eigenvalue weighted by atomic mass is 10.1. The molecule has 0 aliphatic carbocycles. The summed E-state index contributed by atoms with van der Waals surface area (Å²) in [5.74, 6) is 0.000387. The fourth-order valence-corrected chi connectivity index (χ4v) is 4.74. The van der Waals surface area contributed by atoms with Gasteiger partial charge in [-0.05, 0) is 60.2 Å². The Morgan fingerprint density at radius 1 is 1.08 bits per heavy atom. The van der Waals surface area contributed by atoms with Crippen LogP contribution in [0.4, 0.5) is 27.5 Å². The molecule has 8 nitrogen and oxygen atoms in total. The molecule has 0 radical (unpaired) electrons. The highest BCUT2D eigenvalue weighted by Crippen LogP contribution is 2.30. The van der Waals surface area contributed by atoms with Gasteiger partial charge in [-0.2, -0.15) is 10.1 Å². The molecular formula is C26H26FN7OS. The first-order chi connectivity index (χ1) is 17.7. The van der Waals surface area contributed by atoms with Crippen LogP contribution in [-0.2, 0) is 4.74 Å². The van der Waals surface area contributed by atoms with Crippen LogP contribution in [0.2, 0.25) is 0 Å². The summed E-state index contributed by atoms with van der Waals surface area (Å²) < 4.78 is 19.7. The van der Waals surface area contributed by atoms with E-state index in [1.54, 1.807) is 23.7 Å². The zero-order chi connectivity index (χ0) is 24.7. The highest BCUT2D eigenvalue weighted by Gasteiger charge is 2.17. The highest BCUT2D eigenvalue weighted by atomic mass is 32.1. The van der Waals surface area contributed by atoms with Crippen LogP contribution in [0.25, 0.3) is 10.4 Å². The Labute approximate surface area is 212 Å². The minimum absolute atomic E-state index is 0.215. The standard InChI is InChI=1S/C26H26FN7OS/c1-18-14-19(7-8-22(18)24-4-2-13-36-24)31-21-6-5-20(28-15-21)16-30-33-26-29-17-23(27)25(32-26)34-9-3-11-35-12-10-34/h2,4-8,13-17,31H,3,9-12H2,1H3,(H,29,32,33)/b30-16+. The third kappa shape index (κ3) is 5.84. The minimum atomic E-state index is -0.465. The monoisotopic (exact) mass is 503 g/mol. The second kappa shape index (κ2) is 11.2. The summed E-state index contributed by atoms with van der Waals surface area (Å²) in [6.45, 7) is 4.59. The molecule has 0 unspecified atom stereocenters. The molecule has 3 aromatic heterocycles. The topological polar surface area (TPSA) is 87.6 Å². The van der Waals surface area contributed by atoms with Crippen LogP contribution < -0.4 is 15.6 Å². The average molecular weight is 504 g/mol. The second-order valence-corrected chi connectivity index (χ2v) is 9.24. The number of hydrogen-bond acceptors (Lipinski definition) is 9. The third-order valence-electron chi connectivity index (χ3n) is 5.70. The highest BCUT2D eigenvalue weighted by molar-refractivity contribution is 7.13. The molecule has 1 fully saturated rings. The van der Waals surface area contributed by atoms with E-state index in [2.05, 4.69) is 73.4 Å². The molecule has 36 heavy (non-hydrogen) atoms. The van der Waals surface area contributed by atoms with E-state index in [0.29, 0.717) is 32.0 Å². The van der Waals surface area contributed by atoms with Crippen molar-refractivity contribution in [1.82, 2.24) is 15.0 Å². The minimum Gasteiger partial charge on any atom is -0.380 e. The van der Waals surface area contributed by atoms with Crippen LogP contribution >= 0.6 is 11.3 Å². The number of thiophene rings is 1. The number of aryl methyl sites for hydroxylation is 1. The summed E-state index contributed by atoms with van der Waals surface area (Å²) >= 11 is 1.74. The number of nitrogens with zero attached hydrogens (tertiary/aromatic N) is 5. The number of nitrogens with one attached hydrogen (secondary N) is 2. The molecular weight excluding hydrogens is 477 g/mol. The summed E-state index contributed by atoms with van der Waals surface area (Å²) in [6.07, 6.45) is 5.29. The number of benzene rings is 1. The molecule has 5 rings (SSSR count). The van der Waals surface area contributed by atoms with E-state index in [4.69, 9.17) is 4.74 Å². The van der Waals surface area contributed by atoms with E-state index < -0.39 is 5.82 Å². The average Bonchev–Trinajstić information content (AvgIpc) is 3.28. The molecule has 0 saturated carbocycles. The summed E-state index contributed by atoms with van der Waals surface area (Å²) in [4.78, 5) is 15.8. The van der Waals surface area contributed by atoms with E-state index in [1.165, 1.54) is 16.0 Å². The Kier molecular flexibility index (Phi) is 7.44. The van der Waals surface area contributed by atoms with Crippen molar-refractivity contribution in [3.05, 3.63) is 77.3 Å². The van der Waals surface area contributed by atoms with E-state index in [9.17, 15) is 4.39 Å². The molecule has 1 aliphatic rings. The van der Waals surface area contributed by atoms with Crippen molar-refractivity contribution in [2.24, 2.45) is 5.10 Å². The first-order valence-corrected chi connectivity index (χ1v) is 12.6. The maximum atomic E-state index is 14.3. The van der Waals surface area contributed by atoms with Gasteiger partial charge in [-0.3, -0.25) is 4.98 Å². The summed E-state index contributed by atoms with van der Waals surface area (Å²) in [7, 11) is 0. The lowest BCUT2D eigenvalue weighted by Gasteiger charge is -2.21. The molecule has 1 aliphatic heterocycles. The maximum absolute atomic E-state index is 14.3. The van der Waals surface area contributed by atoms with Gasteiger partial charge in [-0.15, -0.1) is 11.3 Å². The Balaban J connectivity index is 1.20. The quantitative estimate of drug-likeness (QED) is 0.256. The SMILES string of the molecule is Cc1cc(Nc2ccc(/C=N/Nc3ncc(F)c(N4CCCOCC4)n3)nc2)ccc1-c1cccs1. The van der Waals surface area contributed by atoms with Gasteiger partial charge in [0.15, 0.2) is 11.6 Å². The maximum Gasteiger partial charge on any atom is 0.245 e. The fourth-order valence-electron chi connectivity index (χ4n) is 3.92. The van der Waals surface area contributed by atoms with Crippen molar-refractivity contribution in [1.29, 1.82) is 0 Å². The van der Waals surface area contributed by atoms with Gasteiger partial charge >= 0.3 is 0 Å². The second-order valence-electron chi connectivity index (χ2n) is 8.29. The molecule has 0 amide bonds. The lowest BCUT2D eigenvalue weighted by Crippen LogP contribution is -2.28. The number of rotatable bonds is 7. The van der Waals surface area contributed by atoms with Crippen molar-refractivity contribution >= 4 is 40.7 Å². The first kappa shape index (κ1) is 23.8. The van der Waals surface area contributed by atoms with Gasteiger partial charge in [-0.25, -0.2) is 14.8 Å². The van der Waals surface area contributed by atoms with E-state index in [0.717, 1.165) is 24.0 Å². The summed E-state index contributed by atoms with van der Waals surface area (Å²) in [6, 6.07) is 14.3. The van der Waals surface area contributed by atoms with Crippen LogP contribution in [-0.4, -0.2) is 47.5 Å². The van der Waals surface area contributed by atoms with Crippen LogP contribution in [0.15, 0.2) is 65.3 Å². The van der Waals surface area contributed by atoms with Crippen LogP contribution in [0.1, 0.15) is 17.7 Å². The Morgan fingerprint density at radius 3 is 2.81 bits per heavy atom. The number of halogens is 1. The zero-order valence-corrected chi connectivity index (χ0v) is 20.6. The smallest absolute Gasteiger partial charge is 0.245 e. The van der Waals surface area contributed by atoms with Gasteiger partial charge in [0.2, 0.25) is 5.95 Å². The third-order valence-corrected chi connectivity index (χ3v) is 6.60. The zero-order valence-electron chi connectivity index (χ0n) is 19.8. The molecule has 4 heterocycles. The van der Waals surface area contributed by atoms with Crippen LogP contribution in [0.3, 0.4) is 0 Å². The summed E-state index contributed by atoms with van der Waals surface area (Å²) in [5.41, 5.74) is 7.74. The van der Waals surface area contributed by atoms with Gasteiger partial charge in [0.05, 0.1) is 36.6 Å². The van der Waals surface area contributed by atoms with Crippen molar-refractivity contribution in [3.63, 3.8) is 0 Å². The number of hydrogen-bond donors (Lipinski definition) is 2. The molecule has 1 saturated heterocycles. The number of pyridine rings is 1. The summed E-state index contributed by atoms with van der Waals surface area (Å²) in [5, 5.41) is 9.63. The normalized spacial score (nSPS) is 14.1. The Morgan fingerprint density at radius 2 is 2.00 bits per heavy atom. The molecule has 1 aromatic carbocycles. The number of ether oxygens (including phenoxy) is 1. The van der Waals surface area contributed by atoms with E-state index in [-0.39, 0.29) is 11.8 Å². The molecule has 4 aromatic rings. The Bertz CT molecular complexity index is 1320. The predicted molar refractivity (Wildman–Crippen MR) is 143 cm³/mol. The van der Waals surface area contributed by atoms with Crippen molar-refractivity contribution in [3.8, 4) is 10.4 Å². The Hall–Kier alpha value is -3.89. The van der Waals surface area contributed by atoms with Gasteiger partial charge < -0.3 is 15.0 Å². The van der Waals surface area contributed by atoms with Gasteiger partial charge in [0.1, 0.15) is 0 Å². The molecule has 10 heteroatoms. The fraction of sp³-hybridized carbons (Fsp3) is 0.231. The van der Waals surface area contributed by atoms with Crippen LogP contribution in [0.5, 0.6) is 0 Å². The lowest BCUT2D eigenvalue weighted by molar-refractivity contribution is 0.152. The number of anilines is 4. The predicted octanol–water partition coefficient (Wildman–Crippen LogP) is 5.46. The van der Waals surface area contributed by atoms with E-state index >= 15 is 0 Å². The molecule has 184 valence electrons. The van der Waals surface area contributed by atoms with Gasteiger partial charge in [0.25, 0.3) is 0 Å². The molecule has 0 bridgehead atoms. The van der Waals surface area contributed by atoms with Gasteiger partial charge in [0, 0.05) is 30.3 Å². The first-order valence-electron chi connectivity index (χ1n) is 11.7. The largest absolute Gasteiger partial charge is 0.380 e. The number of aromatic nitrogens is 3. The van der Waals surface area contributed by atoms with Crippen molar-refractivity contribution < 1.29 is 9.13 Å². The van der Waals surface area contributed by atoms with Crippen LogP contribution in [0, 0.1) is 12.7 Å². The van der Waals surface area contributed by atoms with Crippen molar-refractivity contribution in [2.75, 3.05) is 41.9 Å². The molecule has 0 spiro atoms. The van der Waals surface area contributed by atoms with E-state index in [1.807, 2.05) is 17.0 Å². The molecule has 0 atom stereocenters.